The lowest BCUT2D eigenvalue weighted by Crippen LogP contribution is -1.97. The number of benzene rings is 1. The Morgan fingerprint density at radius 1 is 1.33 bits per heavy atom. The van der Waals surface area contributed by atoms with Gasteiger partial charge in [0.1, 0.15) is 11.6 Å². The molecule has 0 fully saturated rings. The van der Waals surface area contributed by atoms with E-state index in [1.807, 2.05) is 19.1 Å². The van der Waals surface area contributed by atoms with Gasteiger partial charge in [0.2, 0.25) is 0 Å². The van der Waals surface area contributed by atoms with E-state index in [9.17, 15) is 5.11 Å². The predicted molar refractivity (Wildman–Crippen MR) is 58.3 cm³/mol. The van der Waals surface area contributed by atoms with Crippen molar-refractivity contribution in [2.24, 2.45) is 5.73 Å². The minimum absolute atomic E-state index is 0.256. The standard InChI is InChI=1S/C11H13N3O/c1-7-11(14-10(6-12)13-7)8-2-4-9(15)5-3-8/h2-5,15H,6,12H2,1H3,(H,13,14). The van der Waals surface area contributed by atoms with E-state index >= 15 is 0 Å². The van der Waals surface area contributed by atoms with Crippen LogP contribution in [-0.4, -0.2) is 15.1 Å². The maximum absolute atomic E-state index is 9.18. The minimum atomic E-state index is 0.256. The van der Waals surface area contributed by atoms with Crippen LogP contribution in [0, 0.1) is 6.92 Å². The Hall–Kier alpha value is -1.81. The monoisotopic (exact) mass is 203 g/mol. The third-order valence-electron chi connectivity index (χ3n) is 2.27. The number of phenols is 1. The van der Waals surface area contributed by atoms with Gasteiger partial charge in [-0.05, 0) is 31.2 Å². The molecular weight excluding hydrogens is 190 g/mol. The Morgan fingerprint density at radius 3 is 2.53 bits per heavy atom. The molecule has 1 heterocycles. The number of phenolic OH excluding ortho intramolecular Hbond substituents is 1. The number of aromatic nitrogens is 2. The highest BCUT2D eigenvalue weighted by Crippen LogP contribution is 2.22. The number of aryl methyl sites for hydroxylation is 1. The molecule has 0 saturated heterocycles. The first-order chi connectivity index (χ1) is 7.20. The molecule has 0 radical (unpaired) electrons. The first kappa shape index (κ1) is 9.73. The number of nitrogens with zero attached hydrogens (tertiary/aromatic N) is 1. The van der Waals surface area contributed by atoms with Crippen molar-refractivity contribution in [2.45, 2.75) is 13.5 Å². The number of aromatic hydroxyl groups is 1. The van der Waals surface area contributed by atoms with Gasteiger partial charge in [0.05, 0.1) is 12.2 Å². The minimum Gasteiger partial charge on any atom is -0.508 e. The van der Waals surface area contributed by atoms with E-state index in [2.05, 4.69) is 9.97 Å². The molecule has 0 amide bonds. The summed E-state index contributed by atoms with van der Waals surface area (Å²) in [6.07, 6.45) is 0. The van der Waals surface area contributed by atoms with Gasteiger partial charge < -0.3 is 15.8 Å². The van der Waals surface area contributed by atoms with E-state index in [0.29, 0.717) is 6.54 Å². The summed E-state index contributed by atoms with van der Waals surface area (Å²) < 4.78 is 0. The molecule has 0 aliphatic heterocycles. The largest absolute Gasteiger partial charge is 0.508 e. The molecule has 0 atom stereocenters. The number of hydrogen-bond donors (Lipinski definition) is 3. The Balaban J connectivity index is 2.44. The summed E-state index contributed by atoms with van der Waals surface area (Å²) in [5.74, 6) is 1.03. The Bertz CT molecular complexity index is 459. The third kappa shape index (κ3) is 1.85. The number of nitrogens with two attached hydrogens (primary N) is 1. The van der Waals surface area contributed by atoms with Gasteiger partial charge in [-0.25, -0.2) is 4.98 Å². The molecular formula is C11H13N3O. The lowest BCUT2D eigenvalue weighted by molar-refractivity contribution is 0.475. The lowest BCUT2D eigenvalue weighted by atomic mass is 10.1. The van der Waals surface area contributed by atoms with E-state index in [4.69, 9.17) is 5.73 Å². The van der Waals surface area contributed by atoms with Crippen LogP contribution in [0.3, 0.4) is 0 Å². The van der Waals surface area contributed by atoms with Crippen molar-refractivity contribution >= 4 is 0 Å². The number of imidazole rings is 1. The molecule has 0 bridgehead atoms. The topological polar surface area (TPSA) is 74.9 Å². The van der Waals surface area contributed by atoms with Crippen molar-refractivity contribution < 1.29 is 5.11 Å². The van der Waals surface area contributed by atoms with E-state index < -0.39 is 0 Å². The molecule has 4 N–H and O–H groups in total. The van der Waals surface area contributed by atoms with Gasteiger partial charge in [0, 0.05) is 11.3 Å². The summed E-state index contributed by atoms with van der Waals surface area (Å²) in [7, 11) is 0. The highest BCUT2D eigenvalue weighted by Gasteiger charge is 2.07. The van der Waals surface area contributed by atoms with Gasteiger partial charge >= 0.3 is 0 Å². The molecule has 4 nitrogen and oxygen atoms in total. The Morgan fingerprint density at radius 2 is 2.00 bits per heavy atom. The number of H-pyrrole nitrogens is 1. The Kier molecular flexibility index (Phi) is 2.43. The smallest absolute Gasteiger partial charge is 0.120 e. The van der Waals surface area contributed by atoms with E-state index in [0.717, 1.165) is 22.8 Å². The molecule has 0 aliphatic carbocycles. The van der Waals surface area contributed by atoms with Crippen LogP contribution in [0.5, 0.6) is 5.75 Å². The van der Waals surface area contributed by atoms with Gasteiger partial charge in [-0.15, -0.1) is 0 Å². The van der Waals surface area contributed by atoms with Crippen LogP contribution in [0.4, 0.5) is 0 Å². The van der Waals surface area contributed by atoms with Crippen LogP contribution >= 0.6 is 0 Å². The van der Waals surface area contributed by atoms with Gasteiger partial charge in [0.15, 0.2) is 0 Å². The normalized spacial score (nSPS) is 10.5. The van der Waals surface area contributed by atoms with Crippen LogP contribution in [0.25, 0.3) is 11.3 Å². The van der Waals surface area contributed by atoms with Crippen LogP contribution in [0.2, 0.25) is 0 Å². The molecule has 78 valence electrons. The highest BCUT2D eigenvalue weighted by molar-refractivity contribution is 5.62. The third-order valence-corrected chi connectivity index (χ3v) is 2.27. The second kappa shape index (κ2) is 3.74. The molecule has 2 aromatic rings. The maximum Gasteiger partial charge on any atom is 0.120 e. The first-order valence-electron chi connectivity index (χ1n) is 4.75. The van der Waals surface area contributed by atoms with Gasteiger partial charge in [-0.2, -0.15) is 0 Å². The summed E-state index contributed by atoms with van der Waals surface area (Å²) in [5.41, 5.74) is 8.35. The van der Waals surface area contributed by atoms with Crippen LogP contribution in [0.15, 0.2) is 24.3 Å². The first-order valence-corrected chi connectivity index (χ1v) is 4.75. The molecule has 1 aromatic heterocycles. The van der Waals surface area contributed by atoms with Crippen molar-refractivity contribution in [3.63, 3.8) is 0 Å². The van der Waals surface area contributed by atoms with E-state index in [1.165, 1.54) is 0 Å². The second-order valence-corrected chi connectivity index (χ2v) is 3.41. The molecule has 0 saturated carbocycles. The average Bonchev–Trinajstić information content (AvgIpc) is 2.61. The van der Waals surface area contributed by atoms with Gasteiger partial charge in [0.25, 0.3) is 0 Å². The van der Waals surface area contributed by atoms with Gasteiger partial charge in [-0.1, -0.05) is 0 Å². The predicted octanol–water partition coefficient (Wildman–Crippen LogP) is 1.55. The van der Waals surface area contributed by atoms with Crippen molar-refractivity contribution in [3.8, 4) is 17.0 Å². The van der Waals surface area contributed by atoms with Crippen molar-refractivity contribution in [1.29, 1.82) is 0 Å². The molecule has 15 heavy (non-hydrogen) atoms. The highest BCUT2D eigenvalue weighted by atomic mass is 16.3. The van der Waals surface area contributed by atoms with Crippen molar-refractivity contribution in [1.82, 2.24) is 9.97 Å². The van der Waals surface area contributed by atoms with Gasteiger partial charge in [-0.3, -0.25) is 0 Å². The lowest BCUT2D eigenvalue weighted by Gasteiger charge is -1.98. The summed E-state index contributed by atoms with van der Waals surface area (Å²) in [5, 5.41) is 9.18. The van der Waals surface area contributed by atoms with Crippen molar-refractivity contribution in [2.75, 3.05) is 0 Å². The zero-order chi connectivity index (χ0) is 10.8. The van der Waals surface area contributed by atoms with Crippen molar-refractivity contribution in [3.05, 3.63) is 35.8 Å². The van der Waals surface area contributed by atoms with E-state index in [-0.39, 0.29) is 5.75 Å². The van der Waals surface area contributed by atoms with E-state index in [1.54, 1.807) is 12.1 Å². The fourth-order valence-corrected chi connectivity index (χ4v) is 1.52. The number of nitrogens with one attached hydrogen (secondary N) is 1. The molecule has 1 aromatic carbocycles. The SMILES string of the molecule is Cc1[nH]c(CN)nc1-c1ccc(O)cc1. The van der Waals surface area contributed by atoms with Crippen LogP contribution < -0.4 is 5.73 Å². The fourth-order valence-electron chi connectivity index (χ4n) is 1.52. The molecule has 4 heteroatoms. The van der Waals surface area contributed by atoms with Crippen LogP contribution in [-0.2, 0) is 6.54 Å². The fraction of sp³-hybridized carbons (Fsp3) is 0.182. The maximum atomic E-state index is 9.18. The number of hydrogen-bond acceptors (Lipinski definition) is 3. The zero-order valence-corrected chi connectivity index (χ0v) is 8.49. The Labute approximate surface area is 87.8 Å². The quantitative estimate of drug-likeness (QED) is 0.693. The molecule has 0 spiro atoms. The average molecular weight is 203 g/mol. The zero-order valence-electron chi connectivity index (χ0n) is 8.49. The summed E-state index contributed by atoms with van der Waals surface area (Å²) in [4.78, 5) is 7.47. The summed E-state index contributed by atoms with van der Waals surface area (Å²) >= 11 is 0. The molecule has 0 aliphatic rings. The summed E-state index contributed by atoms with van der Waals surface area (Å²) in [6.45, 7) is 2.35. The van der Waals surface area contributed by atoms with Crippen LogP contribution in [0.1, 0.15) is 11.5 Å². The molecule has 0 unspecified atom stereocenters. The number of aromatic amines is 1. The second-order valence-electron chi connectivity index (χ2n) is 3.41. The summed E-state index contributed by atoms with van der Waals surface area (Å²) in [6, 6.07) is 6.95. The molecule has 2 rings (SSSR count). The number of rotatable bonds is 2.